The maximum atomic E-state index is 13.1. The first-order valence-corrected chi connectivity index (χ1v) is 10.7. The lowest BCUT2D eigenvalue weighted by Crippen LogP contribution is -2.40. The Balaban J connectivity index is 1.96. The highest BCUT2D eigenvalue weighted by Gasteiger charge is 2.34. The first kappa shape index (κ1) is 17.0. The maximum Gasteiger partial charge on any atom is 0.243 e. The topological polar surface area (TPSA) is 50.3 Å². The Hall–Kier alpha value is -0.890. The first-order chi connectivity index (χ1) is 11.1. The molecule has 1 atom stereocenters. The number of hydrogen-bond donors (Lipinski definition) is 0. The molecule has 23 heavy (non-hydrogen) atoms. The fourth-order valence-electron chi connectivity index (χ4n) is 2.57. The van der Waals surface area contributed by atoms with Crippen LogP contribution in [0.1, 0.15) is 12.1 Å². The van der Waals surface area contributed by atoms with Crippen LogP contribution in [-0.4, -0.2) is 35.3 Å². The molecule has 1 saturated heterocycles. The Morgan fingerprint density at radius 3 is 2.78 bits per heavy atom. The second-order valence-corrected chi connectivity index (χ2v) is 9.30. The van der Waals surface area contributed by atoms with Gasteiger partial charge in [-0.2, -0.15) is 16.1 Å². The van der Waals surface area contributed by atoms with Crippen molar-refractivity contribution in [3.05, 3.63) is 58.8 Å². The van der Waals surface area contributed by atoms with Gasteiger partial charge in [0, 0.05) is 22.5 Å². The molecule has 0 N–H and O–H groups in total. The average Bonchev–Trinajstić information content (AvgIpc) is 3.07. The van der Waals surface area contributed by atoms with Crippen molar-refractivity contribution in [3.8, 4) is 0 Å². The van der Waals surface area contributed by atoms with Gasteiger partial charge in [0.2, 0.25) is 10.0 Å². The second-order valence-electron chi connectivity index (χ2n) is 5.35. The molecule has 0 amide bonds. The van der Waals surface area contributed by atoms with E-state index in [-0.39, 0.29) is 6.04 Å². The van der Waals surface area contributed by atoms with Crippen LogP contribution in [0, 0.1) is 0 Å². The predicted octanol–water partition coefficient (Wildman–Crippen LogP) is 3.54. The van der Waals surface area contributed by atoms with Gasteiger partial charge >= 0.3 is 0 Å². The van der Waals surface area contributed by atoms with Crippen molar-refractivity contribution in [2.75, 3.05) is 11.5 Å². The summed E-state index contributed by atoms with van der Waals surface area (Å²) in [6.07, 6.45) is 2.58. The van der Waals surface area contributed by atoms with Crippen LogP contribution in [0.5, 0.6) is 0 Å². The zero-order valence-corrected chi connectivity index (χ0v) is 15.6. The summed E-state index contributed by atoms with van der Waals surface area (Å²) in [5, 5.41) is 0. The third kappa shape index (κ3) is 3.96. The predicted molar refractivity (Wildman–Crippen MR) is 96.8 cm³/mol. The van der Waals surface area contributed by atoms with E-state index in [0.29, 0.717) is 11.4 Å². The largest absolute Gasteiger partial charge is 0.260 e. The van der Waals surface area contributed by atoms with Gasteiger partial charge in [-0.1, -0.05) is 28.1 Å². The quantitative estimate of drug-likeness (QED) is 0.753. The molecular weight excluding hydrogens is 396 g/mol. The van der Waals surface area contributed by atoms with Crippen molar-refractivity contribution in [1.82, 2.24) is 9.29 Å². The molecule has 1 aliphatic rings. The molecule has 1 unspecified atom stereocenters. The van der Waals surface area contributed by atoms with E-state index in [1.54, 1.807) is 40.5 Å². The molecule has 1 aromatic carbocycles. The number of benzene rings is 1. The van der Waals surface area contributed by atoms with Crippen molar-refractivity contribution in [2.45, 2.75) is 23.9 Å². The molecule has 0 spiro atoms. The molecule has 7 heteroatoms. The molecule has 2 aromatic rings. The van der Waals surface area contributed by atoms with Gasteiger partial charge in [0.05, 0.1) is 17.1 Å². The number of sulfonamides is 1. The molecule has 0 aliphatic carbocycles. The normalized spacial score (nSPS) is 18.4. The highest BCUT2D eigenvalue weighted by Crippen LogP contribution is 2.29. The lowest BCUT2D eigenvalue weighted by atomic mass is 10.2. The van der Waals surface area contributed by atoms with Crippen LogP contribution in [0.3, 0.4) is 0 Å². The van der Waals surface area contributed by atoms with Crippen molar-refractivity contribution < 1.29 is 8.42 Å². The summed E-state index contributed by atoms with van der Waals surface area (Å²) in [4.78, 5) is 4.61. The summed E-state index contributed by atoms with van der Waals surface area (Å²) in [7, 11) is -3.56. The summed E-state index contributed by atoms with van der Waals surface area (Å²) < 4.78 is 28.7. The Kier molecular flexibility index (Phi) is 5.41. The van der Waals surface area contributed by atoms with Crippen molar-refractivity contribution >= 4 is 37.7 Å². The van der Waals surface area contributed by atoms with Gasteiger partial charge in [0.1, 0.15) is 0 Å². The summed E-state index contributed by atoms with van der Waals surface area (Å²) >= 11 is 5.15. The molecule has 4 nitrogen and oxygen atoms in total. The lowest BCUT2D eigenvalue weighted by molar-refractivity contribution is 0.331. The number of nitrogens with zero attached hydrogens (tertiary/aromatic N) is 2. The Morgan fingerprint density at radius 2 is 2.13 bits per heavy atom. The van der Waals surface area contributed by atoms with Gasteiger partial charge in [-0.25, -0.2) is 8.42 Å². The fraction of sp³-hybridized carbons (Fsp3) is 0.312. The van der Waals surface area contributed by atoms with Gasteiger partial charge in [0.15, 0.2) is 0 Å². The van der Waals surface area contributed by atoms with Crippen LogP contribution in [0.15, 0.2) is 58.0 Å². The molecule has 0 saturated carbocycles. The molecule has 3 rings (SSSR count). The number of halogens is 1. The Morgan fingerprint density at radius 1 is 1.26 bits per heavy atom. The number of aromatic nitrogens is 1. The van der Waals surface area contributed by atoms with Crippen LogP contribution >= 0.6 is 27.7 Å². The fourth-order valence-corrected chi connectivity index (χ4v) is 6.11. The van der Waals surface area contributed by atoms with E-state index in [2.05, 4.69) is 20.9 Å². The van der Waals surface area contributed by atoms with E-state index in [9.17, 15) is 8.42 Å². The zero-order chi connectivity index (χ0) is 16.3. The van der Waals surface area contributed by atoms with E-state index < -0.39 is 10.0 Å². The second kappa shape index (κ2) is 7.34. The van der Waals surface area contributed by atoms with E-state index in [4.69, 9.17) is 0 Å². The minimum atomic E-state index is -3.56. The van der Waals surface area contributed by atoms with Crippen LogP contribution in [-0.2, 0) is 16.6 Å². The van der Waals surface area contributed by atoms with E-state index >= 15 is 0 Å². The smallest absolute Gasteiger partial charge is 0.243 e. The van der Waals surface area contributed by atoms with Crippen LogP contribution in [0.2, 0.25) is 0 Å². The van der Waals surface area contributed by atoms with Gasteiger partial charge in [-0.3, -0.25) is 4.98 Å². The third-order valence-electron chi connectivity index (χ3n) is 3.76. The molecular formula is C16H17BrN2O2S2. The highest BCUT2D eigenvalue weighted by atomic mass is 79.9. The van der Waals surface area contributed by atoms with Gasteiger partial charge < -0.3 is 0 Å². The van der Waals surface area contributed by atoms with Gasteiger partial charge in [-0.05, 0) is 42.5 Å². The summed E-state index contributed by atoms with van der Waals surface area (Å²) in [5.74, 6) is 1.83. The molecule has 0 bridgehead atoms. The van der Waals surface area contributed by atoms with Crippen molar-refractivity contribution in [2.24, 2.45) is 0 Å². The highest BCUT2D eigenvalue weighted by molar-refractivity contribution is 9.10. The number of hydrogen-bond acceptors (Lipinski definition) is 4. The molecule has 1 aliphatic heterocycles. The lowest BCUT2D eigenvalue weighted by Gasteiger charge is -2.27. The average molecular weight is 413 g/mol. The number of rotatable bonds is 5. The monoisotopic (exact) mass is 412 g/mol. The summed E-state index contributed by atoms with van der Waals surface area (Å²) in [6.45, 7) is 0.306. The molecule has 122 valence electrons. The van der Waals surface area contributed by atoms with Gasteiger partial charge in [0.25, 0.3) is 0 Å². The SMILES string of the molecule is O=S(=O)(c1cccc(Br)c1)N(Cc1ccccn1)C1CCSC1. The van der Waals surface area contributed by atoms with Crippen molar-refractivity contribution in [1.29, 1.82) is 0 Å². The minimum Gasteiger partial charge on any atom is -0.260 e. The summed E-state index contributed by atoms with van der Waals surface area (Å²) in [6, 6.07) is 12.5. The molecule has 1 fully saturated rings. The van der Waals surface area contributed by atoms with Gasteiger partial charge in [-0.15, -0.1) is 0 Å². The summed E-state index contributed by atoms with van der Waals surface area (Å²) in [5.41, 5.74) is 0.767. The first-order valence-electron chi connectivity index (χ1n) is 7.32. The Labute approximate surface area is 149 Å². The van der Waals surface area contributed by atoms with E-state index in [1.807, 2.05) is 24.3 Å². The maximum absolute atomic E-state index is 13.1. The van der Waals surface area contributed by atoms with E-state index in [1.165, 1.54) is 0 Å². The number of thioether (sulfide) groups is 1. The Bertz CT molecular complexity index is 763. The number of pyridine rings is 1. The van der Waals surface area contributed by atoms with Crippen LogP contribution in [0.25, 0.3) is 0 Å². The molecule has 1 aromatic heterocycles. The minimum absolute atomic E-state index is 0.0194. The van der Waals surface area contributed by atoms with E-state index in [0.717, 1.165) is 28.1 Å². The van der Waals surface area contributed by atoms with Crippen molar-refractivity contribution in [3.63, 3.8) is 0 Å². The molecule has 0 radical (unpaired) electrons. The van der Waals surface area contributed by atoms with Crippen LogP contribution < -0.4 is 0 Å². The van der Waals surface area contributed by atoms with Crippen LogP contribution in [0.4, 0.5) is 0 Å². The zero-order valence-electron chi connectivity index (χ0n) is 12.4. The molecule has 2 heterocycles. The standard InChI is InChI=1S/C16H17BrN2O2S2/c17-13-4-3-6-16(10-13)23(20,21)19(15-7-9-22-12-15)11-14-5-1-2-8-18-14/h1-6,8,10,15H,7,9,11-12H2. The third-order valence-corrected chi connectivity index (χ3v) is 7.29.